The number of ether oxygens (including phenoxy) is 1. The number of phenolic OH excluding ortho intramolecular Hbond substituents is 1. The average molecular weight is 298 g/mol. The van der Waals surface area contributed by atoms with E-state index in [-0.39, 0.29) is 11.9 Å². The van der Waals surface area contributed by atoms with Crippen molar-refractivity contribution in [3.8, 4) is 17.2 Å². The Labute approximate surface area is 131 Å². The number of hydrogen-bond donors (Lipinski definition) is 2. The molecule has 2 aliphatic heterocycles. The minimum Gasteiger partial charge on any atom is -0.504 e. The van der Waals surface area contributed by atoms with Crippen LogP contribution in [0.4, 0.5) is 0 Å². The summed E-state index contributed by atoms with van der Waals surface area (Å²) in [4.78, 5) is 0. The molecule has 0 aliphatic carbocycles. The van der Waals surface area contributed by atoms with Crippen molar-refractivity contribution in [3.05, 3.63) is 53.6 Å². The van der Waals surface area contributed by atoms with Gasteiger partial charge in [-0.05, 0) is 67.5 Å². The molecule has 0 unspecified atom stereocenters. The summed E-state index contributed by atoms with van der Waals surface area (Å²) in [5, 5.41) is 20.0. The zero-order valence-electron chi connectivity index (χ0n) is 12.7. The highest BCUT2D eigenvalue weighted by Gasteiger charge is 2.09. The van der Waals surface area contributed by atoms with Gasteiger partial charge in [-0.25, -0.2) is 0 Å². The summed E-state index contributed by atoms with van der Waals surface area (Å²) >= 11 is 0. The van der Waals surface area contributed by atoms with E-state index in [1.54, 1.807) is 6.07 Å². The number of phenols is 1. The molecule has 2 aromatic carbocycles. The van der Waals surface area contributed by atoms with Gasteiger partial charge in [-0.15, -0.1) is 0 Å². The summed E-state index contributed by atoms with van der Waals surface area (Å²) in [6, 6.07) is 13.4. The van der Waals surface area contributed by atoms with E-state index in [1.807, 2.05) is 36.4 Å². The second-order valence-electron chi connectivity index (χ2n) is 5.99. The third-order valence-electron chi connectivity index (χ3n) is 4.19. The fraction of sp³-hybridized carbons (Fsp3) is 0.368. The van der Waals surface area contributed by atoms with E-state index in [4.69, 9.17) is 4.74 Å². The topological polar surface area (TPSA) is 49.7 Å². The van der Waals surface area contributed by atoms with Crippen LogP contribution < -0.4 is 4.74 Å². The van der Waals surface area contributed by atoms with Crippen molar-refractivity contribution in [2.45, 2.75) is 44.6 Å². The lowest BCUT2D eigenvalue weighted by atomic mass is 10.0. The van der Waals surface area contributed by atoms with Gasteiger partial charge in [0, 0.05) is 0 Å². The van der Waals surface area contributed by atoms with Gasteiger partial charge in [0.1, 0.15) is 5.75 Å². The molecule has 116 valence electrons. The zero-order valence-corrected chi connectivity index (χ0v) is 12.7. The number of benzene rings is 2. The van der Waals surface area contributed by atoms with Gasteiger partial charge in [-0.3, -0.25) is 0 Å². The first kappa shape index (κ1) is 14.9. The van der Waals surface area contributed by atoms with Crippen molar-refractivity contribution in [1.29, 1.82) is 0 Å². The van der Waals surface area contributed by atoms with Crippen LogP contribution in [0.1, 0.15) is 36.8 Å². The van der Waals surface area contributed by atoms with Gasteiger partial charge in [0.25, 0.3) is 0 Å². The number of fused-ring (bicyclic) bond motifs is 8. The Morgan fingerprint density at radius 2 is 1.64 bits per heavy atom. The first-order chi connectivity index (χ1) is 10.7. The molecule has 0 amide bonds. The van der Waals surface area contributed by atoms with E-state index < -0.39 is 0 Å². The summed E-state index contributed by atoms with van der Waals surface area (Å²) in [5.41, 5.74) is 2.34. The molecule has 0 saturated carbocycles. The normalized spacial score (nSPS) is 19.0. The minimum atomic E-state index is -0.226. The zero-order chi connectivity index (χ0) is 15.4. The molecule has 0 aromatic heterocycles. The number of rotatable bonds is 0. The van der Waals surface area contributed by atoms with Crippen LogP contribution in [0.25, 0.3) is 0 Å². The van der Waals surface area contributed by atoms with Crippen LogP contribution in [0.5, 0.6) is 17.2 Å². The summed E-state index contributed by atoms with van der Waals surface area (Å²) < 4.78 is 5.80. The first-order valence-electron chi connectivity index (χ1n) is 7.97. The van der Waals surface area contributed by atoms with Crippen LogP contribution in [0, 0.1) is 0 Å². The maximum absolute atomic E-state index is 10.1. The first-order valence-corrected chi connectivity index (χ1v) is 7.97. The van der Waals surface area contributed by atoms with E-state index in [0.717, 1.165) is 44.1 Å². The molecule has 0 spiro atoms. The summed E-state index contributed by atoms with van der Waals surface area (Å²) in [6.07, 6.45) is 5.27. The van der Waals surface area contributed by atoms with Crippen molar-refractivity contribution in [1.82, 2.24) is 0 Å². The molecule has 3 nitrogen and oxygen atoms in total. The third kappa shape index (κ3) is 3.80. The number of aromatic hydroxyl groups is 1. The van der Waals surface area contributed by atoms with Crippen LogP contribution in [-0.4, -0.2) is 16.3 Å². The highest BCUT2D eigenvalue weighted by molar-refractivity contribution is 5.44. The molecule has 0 saturated heterocycles. The maximum Gasteiger partial charge on any atom is 0.169 e. The molecule has 1 atom stereocenters. The Bertz CT molecular complexity index is 619. The number of aliphatic hydroxyl groups is 1. The van der Waals surface area contributed by atoms with Crippen molar-refractivity contribution < 1.29 is 14.9 Å². The third-order valence-corrected chi connectivity index (χ3v) is 4.19. The molecule has 2 aromatic rings. The van der Waals surface area contributed by atoms with Crippen molar-refractivity contribution in [2.24, 2.45) is 0 Å². The van der Waals surface area contributed by atoms with E-state index in [2.05, 4.69) is 0 Å². The van der Waals surface area contributed by atoms with Gasteiger partial charge < -0.3 is 14.9 Å². The van der Waals surface area contributed by atoms with Gasteiger partial charge in [0.2, 0.25) is 0 Å². The van der Waals surface area contributed by atoms with Crippen molar-refractivity contribution in [3.63, 3.8) is 0 Å². The minimum absolute atomic E-state index is 0.160. The summed E-state index contributed by atoms with van der Waals surface area (Å²) in [6.45, 7) is 0. The van der Waals surface area contributed by atoms with Gasteiger partial charge in [-0.2, -0.15) is 0 Å². The molecule has 22 heavy (non-hydrogen) atoms. The molecular weight excluding hydrogens is 276 g/mol. The van der Waals surface area contributed by atoms with Crippen molar-refractivity contribution >= 4 is 0 Å². The molecule has 4 bridgehead atoms. The molecular formula is C19H22O3. The van der Waals surface area contributed by atoms with Crippen LogP contribution in [0.3, 0.4) is 0 Å². The Morgan fingerprint density at radius 3 is 2.45 bits per heavy atom. The Hall–Kier alpha value is -2.00. The molecule has 3 heteroatoms. The van der Waals surface area contributed by atoms with E-state index in [1.165, 1.54) is 5.56 Å². The second kappa shape index (κ2) is 6.84. The monoisotopic (exact) mass is 298 g/mol. The van der Waals surface area contributed by atoms with Gasteiger partial charge in [-0.1, -0.05) is 24.6 Å². The van der Waals surface area contributed by atoms with E-state index >= 15 is 0 Å². The molecule has 0 fully saturated rings. The number of hydrogen-bond acceptors (Lipinski definition) is 3. The highest BCUT2D eigenvalue weighted by Crippen LogP contribution is 2.32. The smallest absolute Gasteiger partial charge is 0.169 e. The fourth-order valence-electron chi connectivity index (χ4n) is 2.83. The molecule has 0 radical (unpaired) electrons. The van der Waals surface area contributed by atoms with Crippen LogP contribution in [0.15, 0.2) is 42.5 Å². The average Bonchev–Trinajstić information content (AvgIpc) is 2.54. The predicted molar refractivity (Wildman–Crippen MR) is 86.5 cm³/mol. The number of aliphatic hydroxyl groups excluding tert-OH is 1. The Morgan fingerprint density at radius 1 is 0.864 bits per heavy atom. The fourth-order valence-corrected chi connectivity index (χ4v) is 2.83. The standard InChI is InChI=1S/C19H22O3/c20-16-4-2-1-3-15-8-12-18(21)19(13-15)22-17-10-6-14(5-9-16)7-11-17/h6-8,10-13,16,20-21H,1-5,9H2/t16-/m1/s1. The maximum atomic E-state index is 10.1. The molecule has 2 N–H and O–H groups in total. The number of aryl methyl sites for hydroxylation is 2. The Kier molecular flexibility index (Phi) is 4.64. The van der Waals surface area contributed by atoms with E-state index in [0.29, 0.717) is 11.5 Å². The van der Waals surface area contributed by atoms with Gasteiger partial charge >= 0.3 is 0 Å². The lowest BCUT2D eigenvalue weighted by Gasteiger charge is -2.10. The molecule has 2 aliphatic rings. The van der Waals surface area contributed by atoms with Crippen LogP contribution in [-0.2, 0) is 12.8 Å². The highest BCUT2D eigenvalue weighted by atomic mass is 16.5. The van der Waals surface area contributed by atoms with Crippen LogP contribution >= 0.6 is 0 Å². The molecule has 2 heterocycles. The summed E-state index contributed by atoms with van der Waals surface area (Å²) in [5.74, 6) is 1.37. The van der Waals surface area contributed by atoms with Gasteiger partial charge in [0.15, 0.2) is 11.5 Å². The van der Waals surface area contributed by atoms with Gasteiger partial charge in [0.05, 0.1) is 6.10 Å². The van der Waals surface area contributed by atoms with Crippen molar-refractivity contribution in [2.75, 3.05) is 0 Å². The van der Waals surface area contributed by atoms with E-state index in [9.17, 15) is 10.2 Å². The molecule has 4 rings (SSSR count). The SMILES string of the molecule is Oc1ccc2cc1Oc1ccc(cc1)CC[C@H](O)CCCC2. The lowest BCUT2D eigenvalue weighted by Crippen LogP contribution is -2.08. The lowest BCUT2D eigenvalue weighted by molar-refractivity contribution is 0.151. The Balaban J connectivity index is 1.87. The quantitative estimate of drug-likeness (QED) is 0.766. The largest absolute Gasteiger partial charge is 0.504 e. The summed E-state index contributed by atoms with van der Waals surface area (Å²) in [7, 11) is 0. The second-order valence-corrected chi connectivity index (χ2v) is 5.99. The predicted octanol–water partition coefficient (Wildman–Crippen LogP) is 4.20. The van der Waals surface area contributed by atoms with Crippen LogP contribution in [0.2, 0.25) is 0 Å².